The molecule has 1 fully saturated rings. The predicted molar refractivity (Wildman–Crippen MR) is 60.9 cm³/mol. The summed E-state index contributed by atoms with van der Waals surface area (Å²) in [7, 11) is 0. The molecule has 0 unspecified atom stereocenters. The van der Waals surface area contributed by atoms with Crippen LogP contribution in [-0.2, 0) is 11.2 Å². The average molecular weight is 236 g/mol. The molecular formula is C12H16N2O3. The number of hydrogen-bond donors (Lipinski definition) is 2. The predicted octanol–water partition coefficient (Wildman–Crippen LogP) is 1.86. The van der Waals surface area contributed by atoms with Crippen LogP contribution in [0.5, 0.6) is 5.75 Å². The Balaban J connectivity index is 2.20. The zero-order valence-electron chi connectivity index (χ0n) is 9.59. The Kier molecular flexibility index (Phi) is 3.56. The van der Waals surface area contributed by atoms with E-state index >= 15 is 0 Å². The molecule has 0 radical (unpaired) electrons. The molecule has 5 heteroatoms. The summed E-state index contributed by atoms with van der Waals surface area (Å²) >= 11 is 0. The van der Waals surface area contributed by atoms with Gasteiger partial charge in [0.1, 0.15) is 5.82 Å². The number of nitrogens with zero attached hydrogens (tertiary/aromatic N) is 2. The molecule has 2 N–H and O–H groups in total. The Labute approximate surface area is 99.5 Å². The lowest BCUT2D eigenvalue weighted by atomic mass is 9.88. The minimum atomic E-state index is -0.992. The lowest BCUT2D eigenvalue weighted by Gasteiger charge is -2.20. The Morgan fingerprint density at radius 1 is 1.35 bits per heavy atom. The van der Waals surface area contributed by atoms with Crippen LogP contribution >= 0.6 is 0 Å². The molecule has 92 valence electrons. The summed E-state index contributed by atoms with van der Waals surface area (Å²) in [6.07, 6.45) is 6.75. The molecule has 1 aliphatic rings. The van der Waals surface area contributed by atoms with Gasteiger partial charge in [0, 0.05) is 5.92 Å². The number of carboxylic acid groups (broad SMARTS) is 1. The maximum atomic E-state index is 10.6. The fourth-order valence-electron chi connectivity index (χ4n) is 2.26. The summed E-state index contributed by atoms with van der Waals surface area (Å²) in [6.45, 7) is 0. The first-order chi connectivity index (χ1) is 8.16. The van der Waals surface area contributed by atoms with E-state index in [1.807, 2.05) is 0 Å². The highest BCUT2D eigenvalue weighted by molar-refractivity contribution is 5.70. The van der Waals surface area contributed by atoms with Gasteiger partial charge in [-0.05, 0) is 12.8 Å². The molecule has 0 amide bonds. The number of rotatable bonds is 3. The van der Waals surface area contributed by atoms with Crippen molar-refractivity contribution < 1.29 is 15.0 Å². The zero-order valence-corrected chi connectivity index (χ0v) is 9.59. The van der Waals surface area contributed by atoms with Gasteiger partial charge in [0.05, 0.1) is 18.3 Å². The second-order valence-corrected chi connectivity index (χ2v) is 4.47. The van der Waals surface area contributed by atoms with Crippen molar-refractivity contribution in [2.24, 2.45) is 0 Å². The summed E-state index contributed by atoms with van der Waals surface area (Å²) in [4.78, 5) is 18.9. The fraction of sp³-hybridized carbons (Fsp3) is 0.583. The van der Waals surface area contributed by atoms with Crippen molar-refractivity contribution in [3.05, 3.63) is 17.7 Å². The van der Waals surface area contributed by atoms with Crippen LogP contribution < -0.4 is 0 Å². The molecule has 0 bridgehead atoms. The smallest absolute Gasteiger partial charge is 0.309 e. The van der Waals surface area contributed by atoms with Gasteiger partial charge >= 0.3 is 5.97 Å². The molecule has 1 aliphatic carbocycles. The maximum absolute atomic E-state index is 10.6. The van der Waals surface area contributed by atoms with Crippen molar-refractivity contribution in [1.82, 2.24) is 9.97 Å². The molecule has 1 aromatic rings. The van der Waals surface area contributed by atoms with Gasteiger partial charge in [0.25, 0.3) is 0 Å². The van der Waals surface area contributed by atoms with Crippen LogP contribution in [0.3, 0.4) is 0 Å². The van der Waals surface area contributed by atoms with Gasteiger partial charge in [-0.1, -0.05) is 19.3 Å². The highest BCUT2D eigenvalue weighted by atomic mass is 16.4. The van der Waals surface area contributed by atoms with E-state index < -0.39 is 5.97 Å². The van der Waals surface area contributed by atoms with Crippen molar-refractivity contribution in [2.75, 3.05) is 0 Å². The number of carboxylic acids is 1. The minimum absolute atomic E-state index is 0.132. The summed E-state index contributed by atoms with van der Waals surface area (Å²) in [5, 5.41) is 18.2. The fourth-order valence-corrected chi connectivity index (χ4v) is 2.26. The van der Waals surface area contributed by atoms with Gasteiger partial charge in [-0.25, -0.2) is 9.97 Å². The molecule has 0 aliphatic heterocycles. The van der Waals surface area contributed by atoms with Gasteiger partial charge in [-0.3, -0.25) is 4.79 Å². The highest BCUT2D eigenvalue weighted by Crippen LogP contribution is 2.31. The Morgan fingerprint density at radius 2 is 2.06 bits per heavy atom. The molecule has 5 nitrogen and oxygen atoms in total. The molecule has 0 saturated heterocycles. The van der Waals surface area contributed by atoms with Gasteiger partial charge in [0.15, 0.2) is 5.75 Å². The largest absolute Gasteiger partial charge is 0.504 e. The van der Waals surface area contributed by atoms with Crippen LogP contribution in [0, 0.1) is 0 Å². The van der Waals surface area contributed by atoms with Crippen LogP contribution in [0.15, 0.2) is 6.20 Å². The van der Waals surface area contributed by atoms with E-state index in [-0.39, 0.29) is 17.9 Å². The van der Waals surface area contributed by atoms with Gasteiger partial charge in [-0.2, -0.15) is 0 Å². The minimum Gasteiger partial charge on any atom is -0.504 e. The monoisotopic (exact) mass is 236 g/mol. The number of carbonyl (C=O) groups is 1. The van der Waals surface area contributed by atoms with Crippen LogP contribution in [0.4, 0.5) is 0 Å². The standard InChI is InChI=1S/C12H16N2O3/c15-10-7-13-12(8-4-2-1-3-5-8)14-9(10)6-11(16)17/h7-8,15H,1-6H2,(H,16,17). The molecule has 1 heterocycles. The van der Waals surface area contributed by atoms with E-state index in [0.29, 0.717) is 11.7 Å². The van der Waals surface area contributed by atoms with Crippen LogP contribution in [0.2, 0.25) is 0 Å². The maximum Gasteiger partial charge on any atom is 0.309 e. The molecule has 1 aromatic heterocycles. The molecular weight excluding hydrogens is 220 g/mol. The normalized spacial score (nSPS) is 16.9. The molecule has 0 spiro atoms. The van der Waals surface area contributed by atoms with E-state index in [1.54, 1.807) is 0 Å². The van der Waals surface area contributed by atoms with Gasteiger partial charge in [-0.15, -0.1) is 0 Å². The van der Waals surface area contributed by atoms with Crippen molar-refractivity contribution in [3.63, 3.8) is 0 Å². The second kappa shape index (κ2) is 5.12. The van der Waals surface area contributed by atoms with E-state index in [2.05, 4.69) is 9.97 Å². The Bertz CT molecular complexity index is 414. The lowest BCUT2D eigenvalue weighted by Crippen LogP contribution is -2.11. The van der Waals surface area contributed by atoms with Crippen molar-refractivity contribution in [1.29, 1.82) is 0 Å². The summed E-state index contributed by atoms with van der Waals surface area (Å²) < 4.78 is 0. The average Bonchev–Trinajstić information content (AvgIpc) is 2.32. The van der Waals surface area contributed by atoms with Crippen molar-refractivity contribution in [2.45, 2.75) is 44.4 Å². The van der Waals surface area contributed by atoms with Crippen molar-refractivity contribution >= 4 is 5.97 Å². The third-order valence-corrected chi connectivity index (χ3v) is 3.15. The summed E-state index contributed by atoms with van der Waals surface area (Å²) in [6, 6.07) is 0. The van der Waals surface area contributed by atoms with Crippen LogP contribution in [-0.4, -0.2) is 26.2 Å². The summed E-state index contributed by atoms with van der Waals surface area (Å²) in [5.74, 6) is -0.129. The topological polar surface area (TPSA) is 83.3 Å². The van der Waals surface area contributed by atoms with E-state index in [1.165, 1.54) is 25.5 Å². The lowest BCUT2D eigenvalue weighted by molar-refractivity contribution is -0.136. The highest BCUT2D eigenvalue weighted by Gasteiger charge is 2.20. The molecule has 0 atom stereocenters. The van der Waals surface area contributed by atoms with Gasteiger partial charge < -0.3 is 10.2 Å². The van der Waals surface area contributed by atoms with E-state index in [9.17, 15) is 9.90 Å². The SMILES string of the molecule is O=C(O)Cc1nc(C2CCCCC2)ncc1O. The first kappa shape index (κ1) is 11.8. The second-order valence-electron chi connectivity index (χ2n) is 4.47. The third-order valence-electron chi connectivity index (χ3n) is 3.15. The molecule has 1 saturated carbocycles. The Hall–Kier alpha value is -1.65. The quantitative estimate of drug-likeness (QED) is 0.836. The summed E-state index contributed by atoms with van der Waals surface area (Å²) in [5.41, 5.74) is 0.216. The first-order valence-electron chi connectivity index (χ1n) is 5.93. The van der Waals surface area contributed by atoms with Gasteiger partial charge in [0.2, 0.25) is 0 Å². The number of aromatic hydroxyl groups is 1. The van der Waals surface area contributed by atoms with Crippen molar-refractivity contribution in [3.8, 4) is 5.75 Å². The number of aliphatic carboxylic acids is 1. The molecule has 2 rings (SSSR count). The molecule has 17 heavy (non-hydrogen) atoms. The zero-order chi connectivity index (χ0) is 12.3. The molecule has 0 aromatic carbocycles. The third kappa shape index (κ3) is 2.93. The first-order valence-corrected chi connectivity index (χ1v) is 5.93. The van der Waals surface area contributed by atoms with E-state index in [0.717, 1.165) is 12.8 Å². The van der Waals surface area contributed by atoms with Crippen LogP contribution in [0.1, 0.15) is 49.5 Å². The van der Waals surface area contributed by atoms with Crippen LogP contribution in [0.25, 0.3) is 0 Å². The Morgan fingerprint density at radius 3 is 2.71 bits per heavy atom. The number of aromatic nitrogens is 2. The van der Waals surface area contributed by atoms with E-state index in [4.69, 9.17) is 5.11 Å². The number of hydrogen-bond acceptors (Lipinski definition) is 4.